The van der Waals surface area contributed by atoms with Crippen LogP contribution in [-0.4, -0.2) is 12.6 Å². The van der Waals surface area contributed by atoms with Crippen LogP contribution in [0.4, 0.5) is 0 Å². The Bertz CT molecular complexity index is 421. The summed E-state index contributed by atoms with van der Waals surface area (Å²) in [7, 11) is 0. The molecule has 2 aromatic rings. The maximum atomic E-state index is 5.79. The summed E-state index contributed by atoms with van der Waals surface area (Å²) in [6, 6.07) is 11.0. The minimum Gasteiger partial charge on any atom is -0.461 e. The summed E-state index contributed by atoms with van der Waals surface area (Å²) in [6.07, 6.45) is 3.59. The molecule has 0 amide bonds. The van der Waals surface area contributed by atoms with Gasteiger partial charge in [-0.05, 0) is 31.5 Å². The van der Waals surface area contributed by atoms with E-state index in [1.54, 1.807) is 0 Å². The van der Waals surface area contributed by atoms with Gasteiger partial charge in [0, 0.05) is 17.8 Å². The van der Waals surface area contributed by atoms with E-state index in [0.717, 1.165) is 24.3 Å². The Morgan fingerprint density at radius 1 is 1.33 bits per heavy atom. The summed E-state index contributed by atoms with van der Waals surface area (Å²) in [5, 5.41) is 4.70. The topological polar surface area (TPSA) is 25.2 Å². The van der Waals surface area contributed by atoms with E-state index in [4.69, 9.17) is 4.42 Å². The van der Waals surface area contributed by atoms with Crippen LogP contribution in [0.15, 0.2) is 34.7 Å². The number of rotatable bonds is 2. The molecule has 2 heterocycles. The Balaban J connectivity index is 1.84. The lowest BCUT2D eigenvalue weighted by Gasteiger charge is -2.06. The highest BCUT2D eigenvalue weighted by Crippen LogP contribution is 2.21. The molecule has 1 saturated heterocycles. The van der Waals surface area contributed by atoms with Crippen molar-refractivity contribution >= 4 is 11.0 Å². The highest BCUT2D eigenvalue weighted by atomic mass is 16.3. The molecule has 1 aliphatic rings. The molecular formula is C13H15NO. The van der Waals surface area contributed by atoms with E-state index in [1.165, 1.54) is 18.2 Å². The van der Waals surface area contributed by atoms with Crippen molar-refractivity contribution in [3.63, 3.8) is 0 Å². The first kappa shape index (κ1) is 8.98. The highest BCUT2D eigenvalue weighted by Gasteiger charge is 2.16. The molecule has 1 atom stereocenters. The van der Waals surface area contributed by atoms with E-state index in [2.05, 4.69) is 23.5 Å². The number of hydrogen-bond acceptors (Lipinski definition) is 2. The van der Waals surface area contributed by atoms with Gasteiger partial charge in [0.2, 0.25) is 0 Å². The molecule has 0 spiro atoms. The monoisotopic (exact) mass is 201 g/mol. The summed E-state index contributed by atoms with van der Waals surface area (Å²) >= 11 is 0. The molecule has 0 saturated carbocycles. The fourth-order valence-corrected chi connectivity index (χ4v) is 2.31. The number of fused-ring (bicyclic) bond motifs is 1. The van der Waals surface area contributed by atoms with Crippen molar-refractivity contribution in [1.29, 1.82) is 0 Å². The Kier molecular flexibility index (Phi) is 2.22. The van der Waals surface area contributed by atoms with Crippen LogP contribution in [0.3, 0.4) is 0 Å². The van der Waals surface area contributed by atoms with Crippen molar-refractivity contribution in [2.45, 2.75) is 25.3 Å². The molecule has 1 aliphatic heterocycles. The van der Waals surface area contributed by atoms with Crippen LogP contribution in [0.25, 0.3) is 11.0 Å². The van der Waals surface area contributed by atoms with Gasteiger partial charge in [-0.3, -0.25) is 0 Å². The maximum absolute atomic E-state index is 5.79. The minimum atomic E-state index is 0.616. The standard InChI is InChI=1S/C13H15NO/c1-2-6-13-10(4-1)8-12(15-13)9-11-5-3-7-14-11/h1-2,4,6,8,11,14H,3,5,7,9H2. The fraction of sp³-hybridized carbons (Fsp3) is 0.385. The Morgan fingerprint density at radius 2 is 2.27 bits per heavy atom. The lowest BCUT2D eigenvalue weighted by Crippen LogP contribution is -2.23. The average Bonchev–Trinajstić information content (AvgIpc) is 2.86. The van der Waals surface area contributed by atoms with Crippen molar-refractivity contribution in [2.24, 2.45) is 0 Å². The summed E-state index contributed by atoms with van der Waals surface area (Å²) < 4.78 is 5.79. The van der Waals surface area contributed by atoms with Crippen LogP contribution in [0.2, 0.25) is 0 Å². The summed E-state index contributed by atoms with van der Waals surface area (Å²) in [4.78, 5) is 0. The molecule has 1 N–H and O–H groups in total. The summed E-state index contributed by atoms with van der Waals surface area (Å²) in [5.74, 6) is 1.11. The predicted molar refractivity (Wildman–Crippen MR) is 60.9 cm³/mol. The van der Waals surface area contributed by atoms with Crippen molar-refractivity contribution < 1.29 is 4.42 Å². The highest BCUT2D eigenvalue weighted by molar-refractivity contribution is 5.77. The van der Waals surface area contributed by atoms with E-state index in [0.29, 0.717) is 6.04 Å². The smallest absolute Gasteiger partial charge is 0.134 e. The van der Waals surface area contributed by atoms with Gasteiger partial charge in [-0.15, -0.1) is 0 Å². The summed E-state index contributed by atoms with van der Waals surface area (Å²) in [5.41, 5.74) is 1.01. The van der Waals surface area contributed by atoms with Crippen molar-refractivity contribution in [2.75, 3.05) is 6.54 Å². The molecule has 1 unspecified atom stereocenters. The van der Waals surface area contributed by atoms with Gasteiger partial charge in [-0.1, -0.05) is 18.2 Å². The second-order valence-electron chi connectivity index (χ2n) is 4.25. The van der Waals surface area contributed by atoms with Gasteiger partial charge >= 0.3 is 0 Å². The molecular weight excluding hydrogens is 186 g/mol. The molecule has 0 radical (unpaired) electrons. The molecule has 2 heteroatoms. The van der Waals surface area contributed by atoms with Gasteiger partial charge < -0.3 is 9.73 Å². The number of benzene rings is 1. The lowest BCUT2D eigenvalue weighted by molar-refractivity contribution is 0.494. The van der Waals surface area contributed by atoms with Crippen molar-refractivity contribution in [1.82, 2.24) is 5.32 Å². The van der Waals surface area contributed by atoms with E-state index < -0.39 is 0 Å². The van der Waals surface area contributed by atoms with Crippen LogP contribution >= 0.6 is 0 Å². The van der Waals surface area contributed by atoms with Gasteiger partial charge in [0.15, 0.2) is 0 Å². The first-order valence-electron chi connectivity index (χ1n) is 5.63. The van der Waals surface area contributed by atoms with E-state index in [-0.39, 0.29) is 0 Å². The SMILES string of the molecule is c1ccc2oc(CC3CCCN3)cc2c1. The number of hydrogen-bond donors (Lipinski definition) is 1. The summed E-state index contributed by atoms with van der Waals surface area (Å²) in [6.45, 7) is 1.16. The largest absolute Gasteiger partial charge is 0.461 e. The van der Waals surface area contributed by atoms with Crippen LogP contribution in [0.1, 0.15) is 18.6 Å². The number of furan rings is 1. The van der Waals surface area contributed by atoms with Crippen LogP contribution in [-0.2, 0) is 6.42 Å². The van der Waals surface area contributed by atoms with Crippen LogP contribution in [0, 0.1) is 0 Å². The Hall–Kier alpha value is -1.28. The second kappa shape index (κ2) is 3.70. The molecule has 78 valence electrons. The molecule has 0 aliphatic carbocycles. The number of para-hydroxylation sites is 1. The molecule has 1 aromatic heterocycles. The zero-order valence-corrected chi connectivity index (χ0v) is 8.70. The lowest BCUT2D eigenvalue weighted by atomic mass is 10.1. The average molecular weight is 201 g/mol. The quantitative estimate of drug-likeness (QED) is 0.808. The van der Waals surface area contributed by atoms with E-state index in [1.807, 2.05) is 12.1 Å². The first-order valence-corrected chi connectivity index (χ1v) is 5.63. The predicted octanol–water partition coefficient (Wildman–Crippen LogP) is 2.73. The van der Waals surface area contributed by atoms with Gasteiger partial charge in [0.05, 0.1) is 0 Å². The normalized spacial score (nSPS) is 21.2. The second-order valence-corrected chi connectivity index (χ2v) is 4.25. The van der Waals surface area contributed by atoms with Crippen molar-refractivity contribution in [3.05, 3.63) is 36.1 Å². The zero-order chi connectivity index (χ0) is 10.1. The molecule has 1 aromatic carbocycles. The third-order valence-electron chi connectivity index (χ3n) is 3.09. The van der Waals surface area contributed by atoms with Crippen molar-refractivity contribution in [3.8, 4) is 0 Å². The maximum Gasteiger partial charge on any atom is 0.134 e. The molecule has 3 rings (SSSR count). The fourth-order valence-electron chi connectivity index (χ4n) is 2.31. The molecule has 15 heavy (non-hydrogen) atoms. The Morgan fingerprint density at radius 3 is 3.07 bits per heavy atom. The van der Waals surface area contributed by atoms with Gasteiger partial charge in [0.1, 0.15) is 11.3 Å². The van der Waals surface area contributed by atoms with Gasteiger partial charge in [0.25, 0.3) is 0 Å². The number of nitrogens with one attached hydrogen (secondary N) is 1. The zero-order valence-electron chi connectivity index (χ0n) is 8.70. The minimum absolute atomic E-state index is 0.616. The third kappa shape index (κ3) is 1.77. The van der Waals surface area contributed by atoms with Crippen LogP contribution in [0.5, 0.6) is 0 Å². The van der Waals surface area contributed by atoms with Gasteiger partial charge in [-0.2, -0.15) is 0 Å². The molecule has 2 nitrogen and oxygen atoms in total. The third-order valence-corrected chi connectivity index (χ3v) is 3.09. The molecule has 0 bridgehead atoms. The van der Waals surface area contributed by atoms with E-state index >= 15 is 0 Å². The first-order chi connectivity index (χ1) is 7.42. The van der Waals surface area contributed by atoms with Crippen LogP contribution < -0.4 is 5.32 Å². The Labute approximate surface area is 89.3 Å². The van der Waals surface area contributed by atoms with Gasteiger partial charge in [-0.25, -0.2) is 0 Å². The molecule has 1 fully saturated rings. The van der Waals surface area contributed by atoms with E-state index in [9.17, 15) is 0 Å².